The number of amides is 1. The Labute approximate surface area is 203 Å². The molecule has 34 heavy (non-hydrogen) atoms. The van der Waals surface area contributed by atoms with Gasteiger partial charge in [-0.25, -0.2) is 8.42 Å². The molecule has 2 aromatic carbocycles. The molecule has 4 rings (SSSR count). The van der Waals surface area contributed by atoms with Crippen LogP contribution in [0.3, 0.4) is 0 Å². The van der Waals surface area contributed by atoms with E-state index in [0.29, 0.717) is 29.2 Å². The summed E-state index contributed by atoms with van der Waals surface area (Å²) in [6.45, 7) is 0.115. The van der Waals surface area contributed by atoms with Crippen molar-refractivity contribution in [1.82, 2.24) is 4.31 Å². The molecule has 0 saturated carbocycles. The van der Waals surface area contributed by atoms with Crippen LogP contribution in [0.15, 0.2) is 76.3 Å². The molecule has 2 heterocycles. The van der Waals surface area contributed by atoms with Crippen LogP contribution in [0.2, 0.25) is 0 Å². The van der Waals surface area contributed by atoms with Crippen molar-refractivity contribution >= 4 is 38.9 Å². The third kappa shape index (κ3) is 5.91. The van der Waals surface area contributed by atoms with Crippen molar-refractivity contribution in [2.75, 3.05) is 25.0 Å². The fourth-order valence-corrected chi connectivity index (χ4v) is 6.54. The average molecular weight is 499 g/mol. The van der Waals surface area contributed by atoms with Gasteiger partial charge in [0, 0.05) is 18.8 Å². The van der Waals surface area contributed by atoms with E-state index in [1.165, 1.54) is 15.6 Å². The van der Waals surface area contributed by atoms with Gasteiger partial charge in [0.1, 0.15) is 4.21 Å². The Morgan fingerprint density at radius 2 is 1.68 bits per heavy atom. The Kier molecular flexibility index (Phi) is 7.77. The van der Waals surface area contributed by atoms with Crippen molar-refractivity contribution in [1.29, 1.82) is 0 Å². The minimum Gasteiger partial charge on any atom is -0.455 e. The molecule has 1 fully saturated rings. The standard InChI is InChI=1S/C25H26N2O5S2/c28-23(26-22-10-5-4-9-21(22)17-19-7-2-1-3-8-19)18-32-25(29)20-12-14-27(15-13-20)34(30,31)24-11-6-16-33-24/h1-11,16,20H,12-15,17-18H2,(H,26,28). The third-order valence-electron chi connectivity index (χ3n) is 5.75. The van der Waals surface area contributed by atoms with Crippen LogP contribution in [0.5, 0.6) is 0 Å². The largest absolute Gasteiger partial charge is 0.455 e. The molecule has 1 N–H and O–H groups in total. The number of hydrogen-bond acceptors (Lipinski definition) is 6. The molecule has 1 aliphatic heterocycles. The Morgan fingerprint density at radius 1 is 0.971 bits per heavy atom. The highest BCUT2D eigenvalue weighted by Gasteiger charge is 2.33. The fraction of sp³-hybridized carbons (Fsp3) is 0.280. The number of piperidine rings is 1. The first-order valence-electron chi connectivity index (χ1n) is 11.1. The first kappa shape index (κ1) is 24.1. The minimum atomic E-state index is -3.52. The maximum Gasteiger partial charge on any atom is 0.309 e. The van der Waals surface area contributed by atoms with E-state index in [-0.39, 0.29) is 19.7 Å². The maximum absolute atomic E-state index is 12.6. The summed E-state index contributed by atoms with van der Waals surface area (Å²) in [7, 11) is -3.52. The zero-order valence-corrected chi connectivity index (χ0v) is 20.2. The van der Waals surface area contributed by atoms with Crippen molar-refractivity contribution in [2.45, 2.75) is 23.5 Å². The van der Waals surface area contributed by atoms with Crippen LogP contribution < -0.4 is 5.32 Å². The smallest absolute Gasteiger partial charge is 0.309 e. The van der Waals surface area contributed by atoms with E-state index in [0.717, 1.165) is 11.1 Å². The highest BCUT2D eigenvalue weighted by molar-refractivity contribution is 7.91. The van der Waals surface area contributed by atoms with Gasteiger partial charge in [0.15, 0.2) is 6.61 Å². The predicted octanol–water partition coefficient (Wildman–Crippen LogP) is 3.92. The number of rotatable bonds is 8. The monoisotopic (exact) mass is 498 g/mol. The Bertz CT molecular complexity index is 1220. The second kappa shape index (κ2) is 10.9. The number of carbonyl (C=O) groups excluding carboxylic acids is 2. The Morgan fingerprint density at radius 3 is 2.38 bits per heavy atom. The number of hydrogen-bond donors (Lipinski definition) is 1. The van der Waals surface area contributed by atoms with E-state index < -0.39 is 27.8 Å². The van der Waals surface area contributed by atoms with Gasteiger partial charge in [-0.15, -0.1) is 11.3 Å². The first-order chi connectivity index (χ1) is 16.4. The molecule has 7 nitrogen and oxygen atoms in total. The summed E-state index contributed by atoms with van der Waals surface area (Å²) in [5.74, 6) is -1.31. The van der Waals surface area contributed by atoms with Crippen LogP contribution >= 0.6 is 11.3 Å². The van der Waals surface area contributed by atoms with Crippen molar-refractivity contribution in [2.24, 2.45) is 5.92 Å². The molecular formula is C25H26N2O5S2. The summed E-state index contributed by atoms with van der Waals surface area (Å²) in [5, 5.41) is 4.55. The van der Waals surface area contributed by atoms with Gasteiger partial charge in [0.2, 0.25) is 0 Å². The molecular weight excluding hydrogens is 472 g/mol. The SMILES string of the molecule is O=C(COC(=O)C1CCN(S(=O)(=O)c2cccs2)CC1)Nc1ccccc1Cc1ccccc1. The summed E-state index contributed by atoms with van der Waals surface area (Å²) in [4.78, 5) is 24.9. The summed E-state index contributed by atoms with van der Waals surface area (Å²) < 4.78 is 32.2. The Hall–Kier alpha value is -3.01. The van der Waals surface area contributed by atoms with Gasteiger partial charge >= 0.3 is 5.97 Å². The minimum absolute atomic E-state index is 0.249. The van der Waals surface area contributed by atoms with Gasteiger partial charge in [-0.2, -0.15) is 4.31 Å². The number of para-hydroxylation sites is 1. The topological polar surface area (TPSA) is 92.8 Å². The van der Waals surface area contributed by atoms with Gasteiger partial charge in [0.25, 0.3) is 15.9 Å². The van der Waals surface area contributed by atoms with Gasteiger partial charge in [-0.05, 0) is 47.9 Å². The molecule has 0 atom stereocenters. The molecule has 3 aromatic rings. The molecule has 1 saturated heterocycles. The number of anilines is 1. The quantitative estimate of drug-likeness (QED) is 0.475. The molecule has 0 spiro atoms. The molecule has 1 amide bonds. The zero-order chi connectivity index (χ0) is 24.0. The number of sulfonamides is 1. The lowest BCUT2D eigenvalue weighted by Gasteiger charge is -2.29. The van der Waals surface area contributed by atoms with E-state index in [2.05, 4.69) is 5.32 Å². The van der Waals surface area contributed by atoms with Crippen molar-refractivity contribution in [3.8, 4) is 0 Å². The van der Waals surface area contributed by atoms with Gasteiger partial charge < -0.3 is 10.1 Å². The number of thiophene rings is 1. The molecule has 0 radical (unpaired) electrons. The lowest BCUT2D eigenvalue weighted by Crippen LogP contribution is -2.40. The van der Waals surface area contributed by atoms with E-state index >= 15 is 0 Å². The number of nitrogens with one attached hydrogen (secondary N) is 1. The fourth-order valence-electron chi connectivity index (χ4n) is 3.92. The Balaban J connectivity index is 1.26. The van der Waals surface area contributed by atoms with Gasteiger partial charge in [-0.1, -0.05) is 54.6 Å². The lowest BCUT2D eigenvalue weighted by atomic mass is 9.98. The summed E-state index contributed by atoms with van der Waals surface area (Å²) in [6.07, 6.45) is 1.40. The molecule has 1 aromatic heterocycles. The number of esters is 1. The number of nitrogens with zero attached hydrogens (tertiary/aromatic N) is 1. The maximum atomic E-state index is 12.6. The summed E-state index contributed by atoms with van der Waals surface area (Å²) in [6, 6.07) is 20.8. The van der Waals surface area contributed by atoms with Crippen molar-refractivity contribution in [3.05, 3.63) is 83.2 Å². The van der Waals surface area contributed by atoms with Crippen LogP contribution in [0.4, 0.5) is 5.69 Å². The van der Waals surface area contributed by atoms with E-state index in [9.17, 15) is 18.0 Å². The zero-order valence-electron chi connectivity index (χ0n) is 18.6. The number of carbonyl (C=O) groups is 2. The average Bonchev–Trinajstić information content (AvgIpc) is 3.41. The molecule has 1 aliphatic rings. The van der Waals surface area contributed by atoms with Crippen LogP contribution in [-0.2, 0) is 30.8 Å². The van der Waals surface area contributed by atoms with Crippen LogP contribution in [0.25, 0.3) is 0 Å². The second-order valence-electron chi connectivity index (χ2n) is 8.09. The summed E-state index contributed by atoms with van der Waals surface area (Å²) >= 11 is 1.18. The second-order valence-corrected chi connectivity index (χ2v) is 11.2. The van der Waals surface area contributed by atoms with Crippen LogP contribution in [-0.4, -0.2) is 44.3 Å². The molecule has 0 unspecified atom stereocenters. The molecule has 178 valence electrons. The van der Waals surface area contributed by atoms with Crippen LogP contribution in [0, 0.1) is 5.92 Å². The normalized spacial score (nSPS) is 15.1. The van der Waals surface area contributed by atoms with E-state index in [1.54, 1.807) is 17.5 Å². The predicted molar refractivity (Wildman–Crippen MR) is 131 cm³/mol. The highest BCUT2D eigenvalue weighted by atomic mass is 32.2. The third-order valence-corrected chi connectivity index (χ3v) is 9.02. The van der Waals surface area contributed by atoms with Crippen molar-refractivity contribution in [3.63, 3.8) is 0 Å². The lowest BCUT2D eigenvalue weighted by molar-refractivity contribution is -0.152. The van der Waals surface area contributed by atoms with E-state index in [1.807, 2.05) is 54.6 Å². The number of benzene rings is 2. The molecule has 0 aliphatic carbocycles. The van der Waals surface area contributed by atoms with Gasteiger partial charge in [-0.3, -0.25) is 9.59 Å². The summed E-state index contributed by atoms with van der Waals surface area (Å²) in [5.41, 5.74) is 2.77. The molecule has 9 heteroatoms. The van der Waals surface area contributed by atoms with Crippen LogP contribution in [0.1, 0.15) is 24.0 Å². The molecule has 0 bridgehead atoms. The van der Waals surface area contributed by atoms with Gasteiger partial charge in [0.05, 0.1) is 5.92 Å². The van der Waals surface area contributed by atoms with Crippen molar-refractivity contribution < 1.29 is 22.7 Å². The highest BCUT2D eigenvalue weighted by Crippen LogP contribution is 2.27. The number of ether oxygens (including phenoxy) is 1. The van der Waals surface area contributed by atoms with E-state index in [4.69, 9.17) is 4.74 Å². The first-order valence-corrected chi connectivity index (χ1v) is 13.4.